The molecule has 5 nitrogen and oxygen atoms in total. The Morgan fingerprint density at radius 2 is 2.27 bits per heavy atom. The molecule has 0 bridgehead atoms. The smallest absolute Gasteiger partial charge is 0.215 e. The molecule has 1 aliphatic heterocycles. The molecule has 0 amide bonds. The summed E-state index contributed by atoms with van der Waals surface area (Å²) < 4.78 is 31.5. The Morgan fingerprint density at radius 3 is 2.80 bits per heavy atom. The van der Waals surface area contributed by atoms with Gasteiger partial charge in [-0.3, -0.25) is 0 Å². The number of rotatable bonds is 5. The maximum absolute atomic E-state index is 11.8. The summed E-state index contributed by atoms with van der Waals surface area (Å²) in [6.07, 6.45) is 1.79. The molecule has 15 heavy (non-hydrogen) atoms. The van der Waals surface area contributed by atoms with Crippen molar-refractivity contribution in [3.63, 3.8) is 0 Å². The fourth-order valence-electron chi connectivity index (χ4n) is 1.58. The normalized spacial score (nSPS) is 25.1. The molecular formula is C9H20N2O3S. The van der Waals surface area contributed by atoms with Crippen molar-refractivity contribution in [2.45, 2.75) is 31.1 Å². The van der Waals surface area contributed by atoms with Gasteiger partial charge >= 0.3 is 0 Å². The zero-order valence-corrected chi connectivity index (χ0v) is 10.1. The molecule has 2 unspecified atom stereocenters. The molecule has 90 valence electrons. The molecule has 0 saturated carbocycles. The highest BCUT2D eigenvalue weighted by Gasteiger charge is 2.25. The summed E-state index contributed by atoms with van der Waals surface area (Å²) in [6.45, 7) is 3.39. The number of hydrogen-bond donors (Lipinski definition) is 2. The molecule has 0 aromatic rings. The van der Waals surface area contributed by atoms with Crippen LogP contribution in [0, 0.1) is 0 Å². The highest BCUT2D eigenvalue weighted by atomic mass is 32.2. The van der Waals surface area contributed by atoms with E-state index in [-0.39, 0.29) is 6.04 Å². The maximum atomic E-state index is 11.8. The topological polar surface area (TPSA) is 67.4 Å². The van der Waals surface area contributed by atoms with Crippen LogP contribution in [0.1, 0.15) is 19.8 Å². The van der Waals surface area contributed by atoms with E-state index in [0.29, 0.717) is 13.2 Å². The van der Waals surface area contributed by atoms with Crippen LogP contribution in [-0.2, 0) is 14.8 Å². The van der Waals surface area contributed by atoms with Gasteiger partial charge in [-0.2, -0.15) is 0 Å². The summed E-state index contributed by atoms with van der Waals surface area (Å²) >= 11 is 0. The van der Waals surface area contributed by atoms with E-state index < -0.39 is 15.3 Å². The van der Waals surface area contributed by atoms with E-state index in [4.69, 9.17) is 4.74 Å². The lowest BCUT2D eigenvalue weighted by molar-refractivity contribution is 0.0773. The van der Waals surface area contributed by atoms with E-state index in [9.17, 15) is 8.42 Å². The Kier molecular flexibility index (Phi) is 4.98. The van der Waals surface area contributed by atoms with Gasteiger partial charge in [0.15, 0.2) is 0 Å². The lowest BCUT2D eigenvalue weighted by Crippen LogP contribution is -2.46. The number of ether oxygens (including phenoxy) is 1. The highest BCUT2D eigenvalue weighted by Crippen LogP contribution is 2.08. The van der Waals surface area contributed by atoms with E-state index in [1.807, 2.05) is 0 Å². The van der Waals surface area contributed by atoms with Gasteiger partial charge in [-0.05, 0) is 26.8 Å². The fourth-order valence-corrected chi connectivity index (χ4v) is 2.85. The Balaban J connectivity index is 2.47. The van der Waals surface area contributed by atoms with Crippen LogP contribution in [0.15, 0.2) is 0 Å². The lowest BCUT2D eigenvalue weighted by Gasteiger charge is -2.24. The second kappa shape index (κ2) is 5.79. The Morgan fingerprint density at radius 1 is 1.53 bits per heavy atom. The number of nitrogens with one attached hydrogen (secondary N) is 2. The van der Waals surface area contributed by atoms with Crippen LogP contribution < -0.4 is 10.0 Å². The van der Waals surface area contributed by atoms with Crippen LogP contribution in [0.3, 0.4) is 0 Å². The van der Waals surface area contributed by atoms with Gasteiger partial charge < -0.3 is 10.1 Å². The monoisotopic (exact) mass is 236 g/mol. The Hall–Kier alpha value is -0.170. The van der Waals surface area contributed by atoms with Crippen LogP contribution >= 0.6 is 0 Å². The first-order chi connectivity index (χ1) is 7.06. The molecule has 2 N–H and O–H groups in total. The summed E-state index contributed by atoms with van der Waals surface area (Å²) in [5.41, 5.74) is 0. The molecule has 0 aromatic heterocycles. The van der Waals surface area contributed by atoms with Crippen molar-refractivity contribution in [1.82, 2.24) is 10.0 Å². The van der Waals surface area contributed by atoms with Crippen LogP contribution in [-0.4, -0.2) is 46.5 Å². The third-order valence-electron chi connectivity index (χ3n) is 2.51. The lowest BCUT2D eigenvalue weighted by atomic mass is 10.1. The van der Waals surface area contributed by atoms with E-state index in [2.05, 4.69) is 10.0 Å². The third-order valence-corrected chi connectivity index (χ3v) is 4.40. The predicted molar refractivity (Wildman–Crippen MR) is 59.3 cm³/mol. The first-order valence-corrected chi connectivity index (χ1v) is 6.84. The summed E-state index contributed by atoms with van der Waals surface area (Å²) in [7, 11) is -1.47. The minimum Gasteiger partial charge on any atom is -0.380 e. The molecule has 1 aliphatic rings. The van der Waals surface area contributed by atoms with Crippen molar-refractivity contribution in [3.05, 3.63) is 0 Å². The Bertz CT molecular complexity index is 273. The molecule has 2 atom stereocenters. The average Bonchev–Trinajstić information content (AvgIpc) is 2.19. The van der Waals surface area contributed by atoms with Crippen molar-refractivity contribution in [2.24, 2.45) is 0 Å². The summed E-state index contributed by atoms with van der Waals surface area (Å²) in [6, 6.07) is -0.0527. The average molecular weight is 236 g/mol. The SMILES string of the molecule is CNCC(C)S(=O)(=O)NC1CCCOC1. The van der Waals surface area contributed by atoms with E-state index in [0.717, 1.165) is 19.4 Å². The van der Waals surface area contributed by atoms with Crippen molar-refractivity contribution >= 4 is 10.0 Å². The molecule has 1 saturated heterocycles. The molecule has 1 rings (SSSR count). The highest BCUT2D eigenvalue weighted by molar-refractivity contribution is 7.90. The van der Waals surface area contributed by atoms with Gasteiger partial charge in [0.1, 0.15) is 0 Å². The van der Waals surface area contributed by atoms with Crippen LogP contribution in [0.4, 0.5) is 0 Å². The molecule has 0 radical (unpaired) electrons. The Labute approximate surface area is 91.6 Å². The largest absolute Gasteiger partial charge is 0.380 e. The predicted octanol–water partition coefficient (Wildman–Crippen LogP) is -0.307. The first-order valence-electron chi connectivity index (χ1n) is 5.29. The van der Waals surface area contributed by atoms with Crippen LogP contribution in [0.2, 0.25) is 0 Å². The zero-order chi connectivity index (χ0) is 11.3. The zero-order valence-electron chi connectivity index (χ0n) is 9.32. The number of hydrogen-bond acceptors (Lipinski definition) is 4. The minimum absolute atomic E-state index is 0.0527. The number of sulfonamides is 1. The van der Waals surface area contributed by atoms with Gasteiger partial charge in [-0.1, -0.05) is 0 Å². The quantitative estimate of drug-likeness (QED) is 0.687. The van der Waals surface area contributed by atoms with Crippen molar-refractivity contribution in [2.75, 3.05) is 26.8 Å². The maximum Gasteiger partial charge on any atom is 0.215 e. The van der Waals surface area contributed by atoms with E-state index in [1.54, 1.807) is 14.0 Å². The standard InChI is InChI=1S/C9H20N2O3S/c1-8(6-10-2)15(12,13)11-9-4-3-5-14-7-9/h8-11H,3-7H2,1-2H3. The van der Waals surface area contributed by atoms with Gasteiger partial charge in [0, 0.05) is 19.2 Å². The van der Waals surface area contributed by atoms with Gasteiger partial charge in [-0.25, -0.2) is 13.1 Å². The van der Waals surface area contributed by atoms with Gasteiger partial charge in [0.25, 0.3) is 0 Å². The molecule has 1 fully saturated rings. The molecule has 0 spiro atoms. The third kappa shape index (κ3) is 4.06. The first kappa shape index (κ1) is 12.9. The van der Waals surface area contributed by atoms with Gasteiger partial charge in [-0.15, -0.1) is 0 Å². The molecule has 1 heterocycles. The fraction of sp³-hybridized carbons (Fsp3) is 1.00. The summed E-state index contributed by atoms with van der Waals surface area (Å²) in [5.74, 6) is 0. The van der Waals surface area contributed by atoms with E-state index >= 15 is 0 Å². The van der Waals surface area contributed by atoms with Crippen molar-refractivity contribution in [1.29, 1.82) is 0 Å². The van der Waals surface area contributed by atoms with Crippen LogP contribution in [0.25, 0.3) is 0 Å². The van der Waals surface area contributed by atoms with E-state index in [1.165, 1.54) is 0 Å². The minimum atomic E-state index is -3.21. The second-order valence-electron chi connectivity index (χ2n) is 3.95. The van der Waals surface area contributed by atoms with Gasteiger partial charge in [0.2, 0.25) is 10.0 Å². The molecule has 0 aliphatic carbocycles. The molecule has 6 heteroatoms. The van der Waals surface area contributed by atoms with Crippen molar-refractivity contribution in [3.8, 4) is 0 Å². The van der Waals surface area contributed by atoms with Gasteiger partial charge in [0.05, 0.1) is 11.9 Å². The van der Waals surface area contributed by atoms with Crippen molar-refractivity contribution < 1.29 is 13.2 Å². The second-order valence-corrected chi connectivity index (χ2v) is 6.08. The summed E-state index contributed by atoms with van der Waals surface area (Å²) in [5, 5.41) is 2.45. The molecular weight excluding hydrogens is 216 g/mol. The van der Waals surface area contributed by atoms with Crippen LogP contribution in [0.5, 0.6) is 0 Å². The molecule has 0 aromatic carbocycles. The summed E-state index contributed by atoms with van der Waals surface area (Å²) in [4.78, 5) is 0.